The van der Waals surface area contributed by atoms with Gasteiger partial charge >= 0.3 is 0 Å². The highest BCUT2D eigenvalue weighted by Gasteiger charge is 2.21. The maximum absolute atomic E-state index is 9.81. The molecule has 5 rings (SSSR count). The Kier molecular flexibility index (Phi) is 6.36. The Bertz CT molecular complexity index is 1150. The highest BCUT2D eigenvalue weighted by Crippen LogP contribution is 2.40. The van der Waals surface area contributed by atoms with Crippen molar-refractivity contribution >= 4 is 16.6 Å². The van der Waals surface area contributed by atoms with E-state index in [0.29, 0.717) is 5.75 Å². The number of hydrogen-bond acceptors (Lipinski definition) is 2. The number of nitrogens with zero attached hydrogens (tertiary/aromatic N) is 2. The first-order chi connectivity index (χ1) is 15.8. The molecule has 0 radical (unpaired) electrons. The molecule has 3 aromatic heterocycles. The van der Waals surface area contributed by atoms with E-state index < -0.39 is 0 Å². The number of likely N-dealkylation sites (tertiary alicyclic amines) is 1. The van der Waals surface area contributed by atoms with Crippen LogP contribution in [0.4, 0.5) is 0 Å². The lowest BCUT2D eigenvalue weighted by Crippen LogP contribution is -2.30. The van der Waals surface area contributed by atoms with E-state index in [1.54, 1.807) is 0 Å². The summed E-state index contributed by atoms with van der Waals surface area (Å²) in [5.74, 6) is 0.327. The van der Waals surface area contributed by atoms with Crippen LogP contribution in [0.5, 0.6) is 5.75 Å². The van der Waals surface area contributed by atoms with Gasteiger partial charge in [-0.1, -0.05) is 44.4 Å². The quantitative estimate of drug-likeness (QED) is 0.289. The van der Waals surface area contributed by atoms with E-state index in [0.717, 1.165) is 12.8 Å². The lowest BCUT2D eigenvalue weighted by Gasteiger charge is -2.26. The second-order valence-corrected chi connectivity index (χ2v) is 9.51. The Balaban J connectivity index is 1.35. The van der Waals surface area contributed by atoms with Gasteiger partial charge in [0.2, 0.25) is 0 Å². The molecule has 0 unspecified atom stereocenters. The molecule has 1 aliphatic rings. The van der Waals surface area contributed by atoms with Gasteiger partial charge < -0.3 is 14.4 Å². The molecule has 1 aromatic carbocycles. The monoisotopic (exact) mass is 428 g/mol. The van der Waals surface area contributed by atoms with E-state index >= 15 is 0 Å². The fraction of sp³-hybridized carbons (Fsp3) is 0.448. The van der Waals surface area contributed by atoms with Crippen LogP contribution in [-0.2, 0) is 12.8 Å². The number of phenols is 1. The van der Waals surface area contributed by atoms with Crippen LogP contribution in [0.25, 0.3) is 27.7 Å². The molecular weight excluding hydrogens is 392 g/mol. The zero-order valence-corrected chi connectivity index (χ0v) is 19.4. The molecule has 3 nitrogen and oxygen atoms in total. The fourth-order valence-electron chi connectivity index (χ4n) is 5.73. The Morgan fingerprint density at radius 2 is 1.66 bits per heavy atom. The second-order valence-electron chi connectivity index (χ2n) is 9.51. The third-order valence-corrected chi connectivity index (χ3v) is 7.35. The summed E-state index contributed by atoms with van der Waals surface area (Å²) in [5.41, 5.74) is 9.46. The number of aryl methyl sites for hydroxylation is 2. The third kappa shape index (κ3) is 4.11. The Morgan fingerprint density at radius 1 is 0.875 bits per heavy atom. The van der Waals surface area contributed by atoms with Crippen LogP contribution in [0.3, 0.4) is 0 Å². The van der Waals surface area contributed by atoms with Crippen molar-refractivity contribution in [2.24, 2.45) is 0 Å². The summed E-state index contributed by atoms with van der Waals surface area (Å²) < 4.78 is 2.46. The summed E-state index contributed by atoms with van der Waals surface area (Å²) in [5, 5.41) is 9.81. The standard InChI is InChI=1S/C29H36N2O/c1-2-26-27-13-10-12-24-21-23(11-6-3-4-7-18-30-19-8-5-9-20-30)29(31(24)27)28(26)22-14-16-25(32)17-15-22/h10,12-17,21,32H,2-9,11,18-20H2,1H3. The summed E-state index contributed by atoms with van der Waals surface area (Å²) in [6.07, 6.45) is 11.6. The van der Waals surface area contributed by atoms with E-state index in [1.807, 2.05) is 12.1 Å². The number of phenolic OH excluding ortho intramolecular Hbond substituents is 1. The first-order valence-electron chi connectivity index (χ1n) is 12.7. The normalized spacial score (nSPS) is 15.3. The van der Waals surface area contributed by atoms with Gasteiger partial charge in [-0.05, 0) is 105 Å². The maximum atomic E-state index is 9.81. The molecule has 1 aliphatic heterocycles. The highest BCUT2D eigenvalue weighted by atomic mass is 16.3. The molecule has 4 heterocycles. The van der Waals surface area contributed by atoms with Crippen LogP contribution in [0.1, 0.15) is 63.0 Å². The van der Waals surface area contributed by atoms with E-state index in [-0.39, 0.29) is 0 Å². The third-order valence-electron chi connectivity index (χ3n) is 7.35. The summed E-state index contributed by atoms with van der Waals surface area (Å²) in [6.45, 7) is 6.17. The van der Waals surface area contributed by atoms with Crippen molar-refractivity contribution in [2.75, 3.05) is 19.6 Å². The molecule has 32 heavy (non-hydrogen) atoms. The van der Waals surface area contributed by atoms with Gasteiger partial charge in [0.1, 0.15) is 5.75 Å². The van der Waals surface area contributed by atoms with Crippen molar-refractivity contribution < 1.29 is 5.11 Å². The van der Waals surface area contributed by atoms with Gasteiger partial charge in [-0.15, -0.1) is 0 Å². The number of pyridine rings is 1. The summed E-state index contributed by atoms with van der Waals surface area (Å²) in [4.78, 5) is 2.66. The SMILES string of the molecule is CCc1c(-c2ccc(O)cc2)c2c(CCCCCCN3CCCCC3)cc3cccc1n32. The van der Waals surface area contributed by atoms with Crippen molar-refractivity contribution in [3.05, 3.63) is 59.7 Å². The lowest BCUT2D eigenvalue weighted by molar-refractivity contribution is 0.224. The van der Waals surface area contributed by atoms with Crippen molar-refractivity contribution in [3.63, 3.8) is 0 Å². The van der Waals surface area contributed by atoms with Crippen LogP contribution in [0.2, 0.25) is 0 Å². The van der Waals surface area contributed by atoms with E-state index in [4.69, 9.17) is 0 Å². The van der Waals surface area contributed by atoms with Gasteiger partial charge in [-0.25, -0.2) is 0 Å². The topological polar surface area (TPSA) is 27.9 Å². The number of aromatic nitrogens is 1. The van der Waals surface area contributed by atoms with Crippen molar-refractivity contribution in [1.82, 2.24) is 9.30 Å². The second kappa shape index (κ2) is 9.54. The first-order valence-corrected chi connectivity index (χ1v) is 12.7. The van der Waals surface area contributed by atoms with Gasteiger partial charge in [-0.2, -0.15) is 0 Å². The maximum Gasteiger partial charge on any atom is 0.115 e. The molecule has 0 bridgehead atoms. The molecule has 1 saturated heterocycles. The summed E-state index contributed by atoms with van der Waals surface area (Å²) >= 11 is 0. The van der Waals surface area contributed by atoms with Gasteiger partial charge in [0, 0.05) is 11.1 Å². The minimum absolute atomic E-state index is 0.327. The predicted molar refractivity (Wildman–Crippen MR) is 135 cm³/mol. The van der Waals surface area contributed by atoms with Crippen LogP contribution in [-0.4, -0.2) is 34.0 Å². The van der Waals surface area contributed by atoms with Crippen LogP contribution >= 0.6 is 0 Å². The van der Waals surface area contributed by atoms with Crippen LogP contribution in [0.15, 0.2) is 48.5 Å². The Morgan fingerprint density at radius 3 is 2.44 bits per heavy atom. The first kappa shape index (κ1) is 21.3. The summed E-state index contributed by atoms with van der Waals surface area (Å²) in [6, 6.07) is 16.8. The summed E-state index contributed by atoms with van der Waals surface area (Å²) in [7, 11) is 0. The molecule has 0 aliphatic carbocycles. The average Bonchev–Trinajstić information content (AvgIpc) is 3.36. The average molecular weight is 429 g/mol. The van der Waals surface area contributed by atoms with Crippen LogP contribution < -0.4 is 0 Å². The Labute approximate surface area is 192 Å². The molecule has 3 heteroatoms. The van der Waals surface area contributed by atoms with Crippen molar-refractivity contribution in [2.45, 2.75) is 64.7 Å². The molecule has 168 valence electrons. The number of benzene rings is 1. The number of hydrogen-bond donors (Lipinski definition) is 1. The number of rotatable bonds is 9. The van der Waals surface area contributed by atoms with E-state index in [1.165, 1.54) is 103 Å². The molecule has 1 N–H and O–H groups in total. The zero-order valence-electron chi connectivity index (χ0n) is 19.4. The fourth-order valence-corrected chi connectivity index (χ4v) is 5.73. The van der Waals surface area contributed by atoms with Gasteiger partial charge in [0.15, 0.2) is 0 Å². The number of piperidine rings is 1. The molecule has 0 saturated carbocycles. The number of unbranched alkanes of at least 4 members (excludes halogenated alkanes) is 3. The van der Waals surface area contributed by atoms with E-state index in [9.17, 15) is 5.11 Å². The molecule has 4 aromatic rings. The zero-order chi connectivity index (χ0) is 21.9. The molecule has 0 atom stereocenters. The Hall–Kier alpha value is -2.52. The largest absolute Gasteiger partial charge is 0.508 e. The lowest BCUT2D eigenvalue weighted by atomic mass is 9.97. The predicted octanol–water partition coefficient (Wildman–Crippen LogP) is 7.05. The smallest absolute Gasteiger partial charge is 0.115 e. The molecule has 1 fully saturated rings. The molecular formula is C29H36N2O. The number of aromatic hydroxyl groups is 1. The van der Waals surface area contributed by atoms with Crippen molar-refractivity contribution in [1.29, 1.82) is 0 Å². The van der Waals surface area contributed by atoms with Crippen molar-refractivity contribution in [3.8, 4) is 16.9 Å². The molecule has 0 spiro atoms. The van der Waals surface area contributed by atoms with Gasteiger partial charge in [0.25, 0.3) is 0 Å². The van der Waals surface area contributed by atoms with E-state index in [2.05, 4.69) is 52.6 Å². The van der Waals surface area contributed by atoms with Gasteiger partial charge in [-0.3, -0.25) is 0 Å². The molecule has 0 amide bonds. The minimum atomic E-state index is 0.327. The highest BCUT2D eigenvalue weighted by molar-refractivity contribution is 5.97. The van der Waals surface area contributed by atoms with Crippen LogP contribution in [0, 0.1) is 0 Å². The minimum Gasteiger partial charge on any atom is -0.508 e. The van der Waals surface area contributed by atoms with Gasteiger partial charge in [0.05, 0.1) is 11.0 Å².